The second-order valence-corrected chi connectivity index (χ2v) is 7.66. The summed E-state index contributed by atoms with van der Waals surface area (Å²) < 4.78 is 0. The van der Waals surface area contributed by atoms with Gasteiger partial charge >= 0.3 is 0 Å². The highest BCUT2D eigenvalue weighted by Gasteiger charge is 2.48. The molecule has 2 bridgehead atoms. The van der Waals surface area contributed by atoms with Crippen molar-refractivity contribution in [1.82, 2.24) is 0 Å². The summed E-state index contributed by atoms with van der Waals surface area (Å²) >= 11 is 0. The SMILES string of the molecule is Cc1cc(NC(=O)[C@@H]2[C@@H](C(=O)[O-])[C@H]3C=C[C@@H]2C3)ccc1NC(=O)c1ccccc1. The largest absolute Gasteiger partial charge is 0.550 e. The fourth-order valence-electron chi connectivity index (χ4n) is 4.39. The van der Waals surface area contributed by atoms with Gasteiger partial charge in [-0.05, 0) is 61.1 Å². The first-order valence-corrected chi connectivity index (χ1v) is 9.61. The van der Waals surface area contributed by atoms with Gasteiger partial charge in [0.15, 0.2) is 0 Å². The molecule has 6 heteroatoms. The van der Waals surface area contributed by atoms with Crippen molar-refractivity contribution in [2.75, 3.05) is 10.6 Å². The number of aliphatic carboxylic acids is 1. The Bertz CT molecular complexity index is 999. The number of aryl methyl sites for hydroxylation is 1. The highest BCUT2D eigenvalue weighted by molar-refractivity contribution is 6.05. The normalized spacial score (nSPS) is 24.3. The zero-order valence-electron chi connectivity index (χ0n) is 15.9. The molecule has 2 aliphatic carbocycles. The third-order valence-electron chi connectivity index (χ3n) is 5.81. The van der Waals surface area contributed by atoms with Gasteiger partial charge in [-0.2, -0.15) is 0 Å². The Labute approximate surface area is 168 Å². The summed E-state index contributed by atoms with van der Waals surface area (Å²) in [5, 5.41) is 17.2. The van der Waals surface area contributed by atoms with Crippen LogP contribution in [-0.4, -0.2) is 17.8 Å². The highest BCUT2D eigenvalue weighted by atomic mass is 16.4. The van der Waals surface area contributed by atoms with Crippen LogP contribution >= 0.6 is 0 Å². The van der Waals surface area contributed by atoms with Gasteiger partial charge in [0.1, 0.15) is 0 Å². The molecule has 2 amide bonds. The Morgan fingerprint density at radius 3 is 2.28 bits per heavy atom. The smallest absolute Gasteiger partial charge is 0.255 e. The number of rotatable bonds is 5. The molecule has 1 fully saturated rings. The second kappa shape index (κ2) is 7.54. The Hall–Kier alpha value is -3.41. The molecule has 2 aromatic carbocycles. The average Bonchev–Trinajstić information content (AvgIpc) is 3.32. The van der Waals surface area contributed by atoms with Crippen molar-refractivity contribution in [1.29, 1.82) is 0 Å². The van der Waals surface area contributed by atoms with E-state index in [9.17, 15) is 19.5 Å². The van der Waals surface area contributed by atoms with Crippen LogP contribution in [-0.2, 0) is 9.59 Å². The second-order valence-electron chi connectivity index (χ2n) is 7.66. The third kappa shape index (κ3) is 3.66. The number of carboxylic acid groups (broad SMARTS) is 1. The average molecular weight is 389 g/mol. The minimum Gasteiger partial charge on any atom is -0.550 e. The quantitative estimate of drug-likeness (QED) is 0.767. The molecule has 1 saturated carbocycles. The van der Waals surface area contributed by atoms with E-state index in [0.29, 0.717) is 23.4 Å². The fraction of sp³-hybridized carbons (Fsp3) is 0.261. The van der Waals surface area contributed by atoms with Gasteiger partial charge in [-0.3, -0.25) is 9.59 Å². The van der Waals surface area contributed by atoms with Crippen LogP contribution in [0.2, 0.25) is 0 Å². The maximum atomic E-state index is 12.8. The van der Waals surface area contributed by atoms with Crippen LogP contribution in [0.1, 0.15) is 22.3 Å². The maximum absolute atomic E-state index is 12.8. The van der Waals surface area contributed by atoms with Gasteiger partial charge in [0.2, 0.25) is 5.91 Å². The van der Waals surface area contributed by atoms with Crippen molar-refractivity contribution in [3.8, 4) is 0 Å². The first kappa shape index (κ1) is 18.9. The zero-order chi connectivity index (χ0) is 20.5. The first-order valence-electron chi connectivity index (χ1n) is 9.61. The number of fused-ring (bicyclic) bond motifs is 2. The minimum atomic E-state index is -1.17. The van der Waals surface area contributed by atoms with Crippen LogP contribution in [0.5, 0.6) is 0 Å². The third-order valence-corrected chi connectivity index (χ3v) is 5.81. The highest BCUT2D eigenvalue weighted by Crippen LogP contribution is 2.48. The number of hydrogen-bond acceptors (Lipinski definition) is 4. The van der Waals surface area contributed by atoms with Crippen molar-refractivity contribution in [3.05, 3.63) is 71.8 Å². The lowest BCUT2D eigenvalue weighted by atomic mass is 9.82. The van der Waals surface area contributed by atoms with E-state index in [1.54, 1.807) is 42.5 Å². The molecule has 2 aliphatic rings. The number of anilines is 2. The van der Waals surface area contributed by atoms with E-state index in [1.807, 2.05) is 25.1 Å². The van der Waals surface area contributed by atoms with Crippen molar-refractivity contribution in [3.63, 3.8) is 0 Å². The Morgan fingerprint density at radius 1 is 0.931 bits per heavy atom. The van der Waals surface area contributed by atoms with Crippen LogP contribution in [0.3, 0.4) is 0 Å². The zero-order valence-corrected chi connectivity index (χ0v) is 15.9. The van der Waals surface area contributed by atoms with E-state index in [2.05, 4.69) is 10.6 Å². The Balaban J connectivity index is 1.46. The number of carboxylic acids is 1. The number of benzene rings is 2. The van der Waals surface area contributed by atoms with Crippen molar-refractivity contribution < 1.29 is 19.5 Å². The summed E-state index contributed by atoms with van der Waals surface area (Å²) in [7, 11) is 0. The summed E-state index contributed by atoms with van der Waals surface area (Å²) in [4.78, 5) is 36.6. The van der Waals surface area contributed by atoms with Gasteiger partial charge in [0.25, 0.3) is 5.91 Å². The molecular weight excluding hydrogens is 368 g/mol. The molecular formula is C23H21N2O4-. The Kier molecular flexibility index (Phi) is 4.92. The molecule has 2 N–H and O–H groups in total. The van der Waals surface area contributed by atoms with Crippen molar-refractivity contribution >= 4 is 29.2 Å². The van der Waals surface area contributed by atoms with Crippen LogP contribution in [0.15, 0.2) is 60.7 Å². The molecule has 0 aliphatic heterocycles. The van der Waals surface area contributed by atoms with Gasteiger partial charge < -0.3 is 20.5 Å². The molecule has 0 radical (unpaired) electrons. The summed E-state index contributed by atoms with van der Waals surface area (Å²) in [5.74, 6) is -3.28. The van der Waals surface area contributed by atoms with Crippen LogP contribution < -0.4 is 15.7 Å². The molecule has 4 rings (SSSR count). The molecule has 4 atom stereocenters. The number of carbonyl (C=O) groups is 3. The summed E-state index contributed by atoms with van der Waals surface area (Å²) in [6.45, 7) is 1.83. The number of amides is 2. The van der Waals surface area contributed by atoms with E-state index >= 15 is 0 Å². The fourth-order valence-corrected chi connectivity index (χ4v) is 4.39. The van der Waals surface area contributed by atoms with Gasteiger partial charge in [0, 0.05) is 28.8 Å². The van der Waals surface area contributed by atoms with Gasteiger partial charge in [-0.1, -0.05) is 30.4 Å². The molecule has 0 heterocycles. The molecule has 0 saturated heterocycles. The predicted molar refractivity (Wildman–Crippen MR) is 107 cm³/mol. The van der Waals surface area contributed by atoms with E-state index in [-0.39, 0.29) is 23.7 Å². The summed E-state index contributed by atoms with van der Waals surface area (Å²) in [5.41, 5.74) is 2.56. The monoisotopic (exact) mass is 389 g/mol. The lowest BCUT2D eigenvalue weighted by Crippen LogP contribution is -2.42. The molecule has 2 aromatic rings. The van der Waals surface area contributed by atoms with Gasteiger partial charge in [0.05, 0.1) is 5.92 Å². The summed E-state index contributed by atoms with van der Waals surface area (Å²) in [6.07, 6.45) is 4.49. The molecule has 0 aromatic heterocycles. The van der Waals surface area contributed by atoms with E-state index in [1.165, 1.54) is 0 Å². The molecule has 148 valence electrons. The van der Waals surface area contributed by atoms with Gasteiger partial charge in [-0.15, -0.1) is 0 Å². The van der Waals surface area contributed by atoms with E-state index < -0.39 is 17.8 Å². The van der Waals surface area contributed by atoms with E-state index in [0.717, 1.165) is 5.56 Å². The van der Waals surface area contributed by atoms with Crippen molar-refractivity contribution in [2.45, 2.75) is 13.3 Å². The molecule has 0 unspecified atom stereocenters. The number of carbonyl (C=O) groups excluding carboxylic acids is 3. The number of allylic oxidation sites excluding steroid dienone is 2. The summed E-state index contributed by atoms with van der Waals surface area (Å²) in [6, 6.07) is 14.1. The standard InChI is InChI=1S/C23H22N2O4/c1-13-11-17(9-10-18(13)25-21(26)14-5-3-2-4-6-14)24-22(27)19-15-7-8-16(12-15)20(19)23(28)29/h2-11,15-16,19-20H,12H2,1H3,(H,24,27)(H,25,26)(H,28,29)/p-1/t15-,16+,19+,20+/m1/s1. The molecule has 6 nitrogen and oxygen atoms in total. The molecule has 0 spiro atoms. The van der Waals surface area contributed by atoms with Crippen LogP contribution in [0, 0.1) is 30.6 Å². The van der Waals surface area contributed by atoms with Crippen LogP contribution in [0.4, 0.5) is 11.4 Å². The van der Waals surface area contributed by atoms with E-state index in [4.69, 9.17) is 0 Å². The lowest BCUT2D eigenvalue weighted by molar-refractivity contribution is -0.313. The first-order chi connectivity index (χ1) is 13.9. The maximum Gasteiger partial charge on any atom is 0.255 e. The van der Waals surface area contributed by atoms with Gasteiger partial charge in [-0.25, -0.2) is 0 Å². The molecule has 29 heavy (non-hydrogen) atoms. The predicted octanol–water partition coefficient (Wildman–Crippen LogP) is 2.37. The lowest BCUT2D eigenvalue weighted by Gasteiger charge is -2.27. The van der Waals surface area contributed by atoms with Crippen LogP contribution in [0.25, 0.3) is 0 Å². The van der Waals surface area contributed by atoms with Crippen molar-refractivity contribution in [2.24, 2.45) is 23.7 Å². The Morgan fingerprint density at radius 2 is 1.62 bits per heavy atom. The topological polar surface area (TPSA) is 98.3 Å². The number of hydrogen-bond donors (Lipinski definition) is 2. The number of nitrogens with one attached hydrogen (secondary N) is 2. The minimum absolute atomic E-state index is 0.0616.